The summed E-state index contributed by atoms with van der Waals surface area (Å²) >= 11 is 5.78. The predicted molar refractivity (Wildman–Crippen MR) is 68.4 cm³/mol. The van der Waals surface area contributed by atoms with Crippen molar-refractivity contribution in [2.45, 2.75) is 0 Å². The number of halogens is 1. The lowest BCUT2D eigenvalue weighted by atomic mass is 10.2. The standard InChI is InChI=1S/C13H7ClN4/c14-13-5-12(10(7-16)8-17-13)18-11-3-1-9(6-15)2-4-11/h1-5,8H,(H,17,18). The van der Waals surface area contributed by atoms with Crippen LogP contribution in [0.15, 0.2) is 36.5 Å². The van der Waals surface area contributed by atoms with Gasteiger partial charge in [0.05, 0.1) is 22.9 Å². The summed E-state index contributed by atoms with van der Waals surface area (Å²) < 4.78 is 0. The summed E-state index contributed by atoms with van der Waals surface area (Å²) in [5.41, 5.74) is 2.34. The van der Waals surface area contributed by atoms with E-state index in [-0.39, 0.29) is 0 Å². The Kier molecular flexibility index (Phi) is 3.43. The van der Waals surface area contributed by atoms with Gasteiger partial charge in [-0.05, 0) is 24.3 Å². The van der Waals surface area contributed by atoms with Gasteiger partial charge in [0, 0.05) is 18.0 Å². The van der Waals surface area contributed by atoms with Gasteiger partial charge in [0.1, 0.15) is 11.2 Å². The maximum atomic E-state index is 8.95. The van der Waals surface area contributed by atoms with Crippen molar-refractivity contribution in [3.63, 3.8) is 0 Å². The van der Waals surface area contributed by atoms with Crippen LogP contribution in [0.5, 0.6) is 0 Å². The van der Waals surface area contributed by atoms with Crippen molar-refractivity contribution in [2.75, 3.05) is 5.32 Å². The number of aromatic nitrogens is 1. The van der Waals surface area contributed by atoms with E-state index in [1.807, 2.05) is 12.1 Å². The summed E-state index contributed by atoms with van der Waals surface area (Å²) in [6.07, 6.45) is 1.41. The molecule has 2 aromatic rings. The van der Waals surface area contributed by atoms with E-state index in [2.05, 4.69) is 10.3 Å². The number of hydrogen-bond donors (Lipinski definition) is 1. The summed E-state index contributed by atoms with van der Waals surface area (Å²) in [6, 6.07) is 12.5. The molecule has 0 saturated carbocycles. The molecule has 18 heavy (non-hydrogen) atoms. The van der Waals surface area contributed by atoms with Crippen molar-refractivity contribution in [1.29, 1.82) is 10.5 Å². The van der Waals surface area contributed by atoms with Gasteiger partial charge in [-0.15, -0.1) is 0 Å². The Morgan fingerprint density at radius 1 is 1.11 bits per heavy atom. The maximum absolute atomic E-state index is 8.95. The van der Waals surface area contributed by atoms with Gasteiger partial charge in [0.2, 0.25) is 0 Å². The molecule has 0 aliphatic heterocycles. The Bertz CT molecular complexity index is 650. The average Bonchev–Trinajstić information content (AvgIpc) is 2.40. The van der Waals surface area contributed by atoms with Crippen molar-refractivity contribution in [1.82, 2.24) is 4.98 Å². The monoisotopic (exact) mass is 254 g/mol. The number of nitrogens with one attached hydrogen (secondary N) is 1. The minimum Gasteiger partial charge on any atom is -0.354 e. The first kappa shape index (κ1) is 11.9. The van der Waals surface area contributed by atoms with Crippen molar-refractivity contribution < 1.29 is 0 Å². The van der Waals surface area contributed by atoms with Gasteiger partial charge in [-0.2, -0.15) is 10.5 Å². The van der Waals surface area contributed by atoms with E-state index in [4.69, 9.17) is 22.1 Å². The molecule has 1 aromatic carbocycles. The molecule has 0 unspecified atom stereocenters. The van der Waals surface area contributed by atoms with Crippen LogP contribution in [0.4, 0.5) is 11.4 Å². The number of rotatable bonds is 2. The molecular formula is C13H7ClN4. The first-order chi connectivity index (χ1) is 8.72. The van der Waals surface area contributed by atoms with Gasteiger partial charge < -0.3 is 5.32 Å². The number of pyridine rings is 1. The van der Waals surface area contributed by atoms with E-state index < -0.39 is 0 Å². The van der Waals surface area contributed by atoms with Gasteiger partial charge in [0.15, 0.2) is 0 Å². The molecule has 0 fully saturated rings. The van der Waals surface area contributed by atoms with Crippen LogP contribution in [0.3, 0.4) is 0 Å². The Hall–Kier alpha value is -2.56. The van der Waals surface area contributed by atoms with E-state index in [0.717, 1.165) is 5.69 Å². The Labute approximate surface area is 109 Å². The topological polar surface area (TPSA) is 72.5 Å². The second-order valence-electron chi connectivity index (χ2n) is 3.48. The van der Waals surface area contributed by atoms with E-state index in [0.29, 0.717) is 22.0 Å². The molecule has 4 nitrogen and oxygen atoms in total. The fourth-order valence-corrected chi connectivity index (χ4v) is 1.56. The first-order valence-corrected chi connectivity index (χ1v) is 5.43. The number of benzene rings is 1. The van der Waals surface area contributed by atoms with Crippen molar-refractivity contribution in [2.24, 2.45) is 0 Å². The van der Waals surface area contributed by atoms with Crippen molar-refractivity contribution >= 4 is 23.0 Å². The summed E-state index contributed by atoms with van der Waals surface area (Å²) in [5.74, 6) is 0. The zero-order valence-electron chi connectivity index (χ0n) is 9.18. The van der Waals surface area contributed by atoms with Crippen LogP contribution in [-0.4, -0.2) is 4.98 Å². The van der Waals surface area contributed by atoms with Gasteiger partial charge in [0.25, 0.3) is 0 Å². The van der Waals surface area contributed by atoms with Gasteiger partial charge in [-0.25, -0.2) is 4.98 Å². The third-order valence-corrected chi connectivity index (χ3v) is 2.49. The van der Waals surface area contributed by atoms with E-state index in [9.17, 15) is 0 Å². The average molecular weight is 255 g/mol. The molecule has 0 spiro atoms. The number of hydrogen-bond acceptors (Lipinski definition) is 4. The fourth-order valence-electron chi connectivity index (χ4n) is 1.41. The van der Waals surface area contributed by atoms with E-state index in [1.54, 1.807) is 30.3 Å². The zero-order valence-corrected chi connectivity index (χ0v) is 9.94. The zero-order chi connectivity index (χ0) is 13.0. The normalized spacial score (nSPS) is 9.28. The number of nitriles is 2. The summed E-state index contributed by atoms with van der Waals surface area (Å²) in [6.45, 7) is 0. The molecule has 5 heteroatoms. The second-order valence-corrected chi connectivity index (χ2v) is 3.87. The minimum atomic E-state index is 0.310. The summed E-state index contributed by atoms with van der Waals surface area (Å²) in [5, 5.41) is 21.0. The Morgan fingerprint density at radius 2 is 1.83 bits per heavy atom. The molecule has 0 aliphatic rings. The smallest absolute Gasteiger partial charge is 0.131 e. The molecule has 0 amide bonds. The molecular weight excluding hydrogens is 248 g/mol. The van der Waals surface area contributed by atoms with Crippen molar-refractivity contribution in [3.05, 3.63) is 52.8 Å². The van der Waals surface area contributed by atoms with E-state index >= 15 is 0 Å². The largest absolute Gasteiger partial charge is 0.354 e. The van der Waals surface area contributed by atoms with Gasteiger partial charge >= 0.3 is 0 Å². The molecule has 0 saturated heterocycles. The minimum absolute atomic E-state index is 0.310. The summed E-state index contributed by atoms with van der Waals surface area (Å²) in [7, 11) is 0. The van der Waals surface area contributed by atoms with Crippen LogP contribution in [-0.2, 0) is 0 Å². The third kappa shape index (κ3) is 2.57. The number of anilines is 2. The lowest BCUT2D eigenvalue weighted by Crippen LogP contribution is -1.94. The highest BCUT2D eigenvalue weighted by Crippen LogP contribution is 2.22. The molecule has 0 bridgehead atoms. The van der Waals surface area contributed by atoms with Crippen LogP contribution in [0.25, 0.3) is 0 Å². The summed E-state index contributed by atoms with van der Waals surface area (Å²) in [4.78, 5) is 3.84. The molecule has 0 aliphatic carbocycles. The molecule has 1 heterocycles. The second kappa shape index (κ2) is 5.18. The lowest BCUT2D eigenvalue weighted by molar-refractivity contribution is 1.30. The highest BCUT2D eigenvalue weighted by Gasteiger charge is 2.04. The quantitative estimate of drug-likeness (QED) is 0.835. The van der Waals surface area contributed by atoms with Crippen LogP contribution < -0.4 is 5.32 Å². The van der Waals surface area contributed by atoms with Crippen molar-refractivity contribution in [3.8, 4) is 12.1 Å². The van der Waals surface area contributed by atoms with Crippen LogP contribution in [0.1, 0.15) is 11.1 Å². The highest BCUT2D eigenvalue weighted by atomic mass is 35.5. The highest BCUT2D eigenvalue weighted by molar-refractivity contribution is 6.29. The predicted octanol–water partition coefficient (Wildman–Crippen LogP) is 3.22. The lowest BCUT2D eigenvalue weighted by Gasteiger charge is -2.08. The molecule has 1 N–H and O–H groups in total. The van der Waals surface area contributed by atoms with Crippen LogP contribution in [0, 0.1) is 22.7 Å². The molecule has 0 atom stereocenters. The third-order valence-electron chi connectivity index (χ3n) is 2.28. The maximum Gasteiger partial charge on any atom is 0.131 e. The van der Waals surface area contributed by atoms with Crippen LogP contribution in [0.2, 0.25) is 5.15 Å². The SMILES string of the molecule is N#Cc1ccc(Nc2cc(Cl)ncc2C#N)cc1. The number of nitrogens with zero attached hydrogens (tertiary/aromatic N) is 3. The first-order valence-electron chi connectivity index (χ1n) is 5.06. The van der Waals surface area contributed by atoms with Gasteiger partial charge in [-0.3, -0.25) is 0 Å². The molecule has 1 aromatic heterocycles. The molecule has 2 rings (SSSR count). The van der Waals surface area contributed by atoms with E-state index in [1.165, 1.54) is 6.20 Å². The molecule has 0 radical (unpaired) electrons. The molecule has 86 valence electrons. The fraction of sp³-hybridized carbons (Fsp3) is 0. The Balaban J connectivity index is 2.31. The van der Waals surface area contributed by atoms with Gasteiger partial charge in [-0.1, -0.05) is 11.6 Å². The Morgan fingerprint density at radius 3 is 2.44 bits per heavy atom. The van der Waals surface area contributed by atoms with Crippen LogP contribution >= 0.6 is 11.6 Å².